The zero-order chi connectivity index (χ0) is 14.5. The van der Waals surface area contributed by atoms with Crippen molar-refractivity contribution in [2.45, 2.75) is 35.9 Å². The van der Waals surface area contributed by atoms with Crippen molar-refractivity contribution in [3.63, 3.8) is 0 Å². The van der Waals surface area contributed by atoms with Gasteiger partial charge < -0.3 is 10.5 Å². The first-order valence-electron chi connectivity index (χ1n) is 6.50. The van der Waals surface area contributed by atoms with Crippen LogP contribution in [0.15, 0.2) is 28.6 Å². The molecule has 6 heteroatoms. The second kappa shape index (κ2) is 7.06. The molecule has 0 aliphatic rings. The SMILES string of the molecule is CCC(N)C(Sc1nc(C)ns1)c1ccc(OC)cc1. The lowest BCUT2D eigenvalue weighted by molar-refractivity contribution is 0.414. The zero-order valence-corrected chi connectivity index (χ0v) is 13.5. The first-order valence-corrected chi connectivity index (χ1v) is 8.15. The molecule has 4 nitrogen and oxygen atoms in total. The molecule has 1 aromatic heterocycles. The number of benzene rings is 1. The molecule has 0 aliphatic carbocycles. The van der Waals surface area contributed by atoms with Crippen LogP contribution in [-0.4, -0.2) is 22.5 Å². The summed E-state index contributed by atoms with van der Waals surface area (Å²) in [5.41, 5.74) is 7.47. The van der Waals surface area contributed by atoms with Crippen molar-refractivity contribution in [1.29, 1.82) is 0 Å². The molecule has 0 aliphatic heterocycles. The number of aromatic nitrogens is 2. The molecule has 1 heterocycles. The summed E-state index contributed by atoms with van der Waals surface area (Å²) in [6.07, 6.45) is 0.918. The second-order valence-corrected chi connectivity index (χ2v) is 6.63. The van der Waals surface area contributed by atoms with E-state index in [2.05, 4.69) is 28.4 Å². The Morgan fingerprint density at radius 1 is 1.35 bits per heavy atom. The number of nitrogens with two attached hydrogens (primary N) is 1. The van der Waals surface area contributed by atoms with E-state index < -0.39 is 0 Å². The number of aryl methyl sites for hydroxylation is 1. The summed E-state index contributed by atoms with van der Waals surface area (Å²) in [4.78, 5) is 4.42. The van der Waals surface area contributed by atoms with E-state index in [0.29, 0.717) is 0 Å². The van der Waals surface area contributed by atoms with Crippen LogP contribution in [-0.2, 0) is 0 Å². The van der Waals surface area contributed by atoms with Gasteiger partial charge in [0.05, 0.1) is 12.4 Å². The molecule has 0 spiro atoms. The molecule has 0 fully saturated rings. The highest BCUT2D eigenvalue weighted by molar-refractivity contribution is 8.01. The predicted molar refractivity (Wildman–Crippen MR) is 84.5 cm³/mol. The maximum atomic E-state index is 6.28. The third kappa shape index (κ3) is 3.71. The fraction of sp³-hybridized carbons (Fsp3) is 0.429. The molecule has 2 rings (SSSR count). The molecular formula is C14H19N3OS2. The number of ether oxygens (including phenoxy) is 1. The molecular weight excluding hydrogens is 290 g/mol. The van der Waals surface area contributed by atoms with Gasteiger partial charge in [-0.05, 0) is 42.6 Å². The normalized spacial score (nSPS) is 14.0. The van der Waals surface area contributed by atoms with Gasteiger partial charge in [0, 0.05) is 6.04 Å². The lowest BCUT2D eigenvalue weighted by Crippen LogP contribution is -2.25. The molecule has 2 aromatic rings. The van der Waals surface area contributed by atoms with Crippen molar-refractivity contribution in [3.05, 3.63) is 35.7 Å². The standard InChI is InChI=1S/C14H19N3OS2/c1-4-12(15)13(19-14-16-9(2)17-20-14)10-5-7-11(18-3)8-6-10/h5-8,12-13H,4,15H2,1-3H3. The highest BCUT2D eigenvalue weighted by Gasteiger charge is 2.21. The van der Waals surface area contributed by atoms with E-state index in [-0.39, 0.29) is 11.3 Å². The molecule has 0 saturated carbocycles. The van der Waals surface area contributed by atoms with Gasteiger partial charge in [0.15, 0.2) is 4.34 Å². The number of thioether (sulfide) groups is 1. The molecule has 20 heavy (non-hydrogen) atoms. The average Bonchev–Trinajstić information content (AvgIpc) is 2.89. The van der Waals surface area contributed by atoms with Crippen molar-refractivity contribution in [2.24, 2.45) is 5.73 Å². The van der Waals surface area contributed by atoms with Gasteiger partial charge in [-0.3, -0.25) is 0 Å². The number of rotatable bonds is 6. The largest absolute Gasteiger partial charge is 0.497 e. The Hall–Kier alpha value is -1.11. The van der Waals surface area contributed by atoms with Crippen molar-refractivity contribution < 1.29 is 4.74 Å². The van der Waals surface area contributed by atoms with Gasteiger partial charge in [-0.1, -0.05) is 30.8 Å². The molecule has 2 N–H and O–H groups in total. The van der Waals surface area contributed by atoms with E-state index in [0.717, 1.165) is 22.3 Å². The minimum absolute atomic E-state index is 0.0811. The number of hydrogen-bond donors (Lipinski definition) is 1. The average molecular weight is 309 g/mol. The highest BCUT2D eigenvalue weighted by Crippen LogP contribution is 2.39. The zero-order valence-electron chi connectivity index (χ0n) is 11.9. The molecule has 0 amide bonds. The third-order valence-electron chi connectivity index (χ3n) is 3.04. The Bertz CT molecular complexity index is 542. The van der Waals surface area contributed by atoms with Crippen LogP contribution in [0.3, 0.4) is 0 Å². The van der Waals surface area contributed by atoms with Gasteiger partial charge in [0.2, 0.25) is 0 Å². The monoisotopic (exact) mass is 309 g/mol. The fourth-order valence-electron chi connectivity index (χ4n) is 1.84. The van der Waals surface area contributed by atoms with E-state index >= 15 is 0 Å². The summed E-state index contributed by atoms with van der Waals surface area (Å²) in [6.45, 7) is 4.01. The van der Waals surface area contributed by atoms with E-state index in [1.165, 1.54) is 17.1 Å². The Kier molecular flexibility index (Phi) is 5.39. The summed E-state index contributed by atoms with van der Waals surface area (Å²) in [6, 6.07) is 8.16. The molecule has 2 unspecified atom stereocenters. The van der Waals surface area contributed by atoms with Crippen LogP contribution >= 0.6 is 23.3 Å². The minimum atomic E-state index is 0.0811. The molecule has 2 atom stereocenters. The molecule has 1 aromatic carbocycles. The number of hydrogen-bond acceptors (Lipinski definition) is 6. The minimum Gasteiger partial charge on any atom is -0.497 e. The van der Waals surface area contributed by atoms with Crippen LogP contribution < -0.4 is 10.5 Å². The maximum absolute atomic E-state index is 6.28. The van der Waals surface area contributed by atoms with Gasteiger partial charge >= 0.3 is 0 Å². The topological polar surface area (TPSA) is 61.0 Å². The number of methoxy groups -OCH3 is 1. The van der Waals surface area contributed by atoms with Crippen molar-refractivity contribution >= 4 is 23.3 Å². The Balaban J connectivity index is 2.22. The quantitative estimate of drug-likeness (QED) is 0.828. The molecule has 0 saturated heterocycles. The van der Waals surface area contributed by atoms with Gasteiger partial charge in [0.25, 0.3) is 0 Å². The second-order valence-electron chi connectivity index (χ2n) is 4.49. The Morgan fingerprint density at radius 3 is 2.55 bits per heavy atom. The summed E-state index contributed by atoms with van der Waals surface area (Å²) >= 11 is 3.12. The van der Waals surface area contributed by atoms with Crippen molar-refractivity contribution in [2.75, 3.05) is 7.11 Å². The van der Waals surface area contributed by atoms with Crippen LogP contribution in [0.25, 0.3) is 0 Å². The van der Waals surface area contributed by atoms with E-state index in [1.54, 1.807) is 18.9 Å². The summed E-state index contributed by atoms with van der Waals surface area (Å²) < 4.78 is 10.4. The molecule has 0 radical (unpaired) electrons. The van der Waals surface area contributed by atoms with Crippen molar-refractivity contribution in [1.82, 2.24) is 9.36 Å². The van der Waals surface area contributed by atoms with Crippen LogP contribution in [0, 0.1) is 6.92 Å². The maximum Gasteiger partial charge on any atom is 0.170 e. The molecule has 108 valence electrons. The van der Waals surface area contributed by atoms with E-state index in [1.807, 2.05) is 19.1 Å². The predicted octanol–water partition coefficient (Wildman–Crippen LogP) is 3.43. The van der Waals surface area contributed by atoms with Gasteiger partial charge in [-0.2, -0.15) is 4.37 Å². The first-order chi connectivity index (χ1) is 9.63. The van der Waals surface area contributed by atoms with Crippen LogP contribution in [0.1, 0.15) is 30.0 Å². The van der Waals surface area contributed by atoms with Gasteiger partial charge in [-0.25, -0.2) is 4.98 Å². The third-order valence-corrected chi connectivity index (χ3v) is 5.33. The van der Waals surface area contributed by atoms with Crippen molar-refractivity contribution in [3.8, 4) is 5.75 Å². The number of nitrogens with zero attached hydrogens (tertiary/aromatic N) is 2. The molecule has 0 bridgehead atoms. The summed E-state index contributed by atoms with van der Waals surface area (Å²) in [5.74, 6) is 1.67. The van der Waals surface area contributed by atoms with Crippen LogP contribution in [0.2, 0.25) is 0 Å². The summed E-state index contributed by atoms with van der Waals surface area (Å²) in [5, 5.41) is 0.179. The smallest absolute Gasteiger partial charge is 0.170 e. The lowest BCUT2D eigenvalue weighted by Gasteiger charge is -2.21. The van der Waals surface area contributed by atoms with Crippen LogP contribution in [0.5, 0.6) is 5.75 Å². The van der Waals surface area contributed by atoms with Gasteiger partial charge in [0.1, 0.15) is 11.6 Å². The lowest BCUT2D eigenvalue weighted by atomic mass is 10.0. The highest BCUT2D eigenvalue weighted by atomic mass is 32.2. The van der Waals surface area contributed by atoms with Gasteiger partial charge in [-0.15, -0.1) is 0 Å². The first kappa shape index (κ1) is 15.3. The fourth-order valence-corrected chi connectivity index (χ4v) is 3.93. The summed E-state index contributed by atoms with van der Waals surface area (Å²) in [7, 11) is 1.67. The van der Waals surface area contributed by atoms with E-state index in [4.69, 9.17) is 10.5 Å². The Labute approximate surface area is 127 Å². The van der Waals surface area contributed by atoms with E-state index in [9.17, 15) is 0 Å². The van der Waals surface area contributed by atoms with Crippen LogP contribution in [0.4, 0.5) is 0 Å². The Morgan fingerprint density at radius 2 is 2.05 bits per heavy atom.